The molecule has 3 nitrogen and oxygen atoms in total. The Kier molecular flexibility index (Phi) is 4.15. The third-order valence-electron chi connectivity index (χ3n) is 6.53. The SMILES string of the molecule is c1ccc2cc(-c3cnc(-c4nc5ccccc5c5c4ccc4ccccc45)cn3)ccc2c1. The minimum absolute atomic E-state index is 0.774. The van der Waals surface area contributed by atoms with E-state index in [4.69, 9.17) is 15.0 Å². The Hall–Kier alpha value is -4.63. The molecule has 158 valence electrons. The van der Waals surface area contributed by atoms with Gasteiger partial charge in [-0.2, -0.15) is 0 Å². The van der Waals surface area contributed by atoms with Gasteiger partial charge in [0, 0.05) is 21.7 Å². The van der Waals surface area contributed by atoms with Crippen molar-refractivity contribution < 1.29 is 0 Å². The van der Waals surface area contributed by atoms with Crippen molar-refractivity contribution >= 4 is 43.2 Å². The van der Waals surface area contributed by atoms with Crippen molar-refractivity contribution in [1.29, 1.82) is 0 Å². The van der Waals surface area contributed by atoms with E-state index >= 15 is 0 Å². The molecule has 0 N–H and O–H groups in total. The summed E-state index contributed by atoms with van der Waals surface area (Å²) in [5, 5.41) is 8.30. The van der Waals surface area contributed by atoms with Gasteiger partial charge in [0.1, 0.15) is 5.69 Å². The van der Waals surface area contributed by atoms with Crippen molar-refractivity contribution in [3.8, 4) is 22.6 Å². The molecule has 0 saturated carbocycles. The Morgan fingerprint density at radius 1 is 0.471 bits per heavy atom. The van der Waals surface area contributed by atoms with E-state index in [1.54, 1.807) is 0 Å². The van der Waals surface area contributed by atoms with Crippen LogP contribution in [0, 0.1) is 0 Å². The van der Waals surface area contributed by atoms with Gasteiger partial charge in [0.05, 0.1) is 29.3 Å². The molecular formula is C31H19N3. The van der Waals surface area contributed by atoms with Gasteiger partial charge in [-0.05, 0) is 33.7 Å². The Morgan fingerprint density at radius 2 is 1.15 bits per heavy atom. The zero-order valence-electron chi connectivity index (χ0n) is 18.3. The van der Waals surface area contributed by atoms with E-state index in [0.717, 1.165) is 38.9 Å². The molecule has 0 spiro atoms. The molecule has 0 aliphatic heterocycles. The minimum atomic E-state index is 0.774. The van der Waals surface area contributed by atoms with Crippen molar-refractivity contribution in [3.05, 3.63) is 116 Å². The highest BCUT2D eigenvalue weighted by Gasteiger charge is 2.14. The Bertz CT molecular complexity index is 1840. The molecule has 7 rings (SSSR count). The van der Waals surface area contributed by atoms with E-state index < -0.39 is 0 Å². The van der Waals surface area contributed by atoms with Gasteiger partial charge >= 0.3 is 0 Å². The number of rotatable bonds is 2. The number of benzene rings is 5. The van der Waals surface area contributed by atoms with Gasteiger partial charge in [0.25, 0.3) is 0 Å². The normalized spacial score (nSPS) is 11.5. The van der Waals surface area contributed by atoms with Crippen LogP contribution >= 0.6 is 0 Å². The summed E-state index contributed by atoms with van der Waals surface area (Å²) in [4.78, 5) is 14.6. The quantitative estimate of drug-likeness (QED) is 0.261. The molecule has 7 aromatic rings. The standard InChI is InChI=1S/C31H19N3/c1-2-9-22-17-23(14-13-20(22)7-1)28-18-33-29(19-32-28)31-26-16-15-21-8-3-4-10-24(21)30(26)25-11-5-6-12-27(25)34-31/h1-19H. The van der Waals surface area contributed by atoms with Gasteiger partial charge in [0.15, 0.2) is 0 Å². The van der Waals surface area contributed by atoms with Crippen LogP contribution in [0.5, 0.6) is 0 Å². The second kappa shape index (κ2) is 7.46. The topological polar surface area (TPSA) is 38.7 Å². The average Bonchev–Trinajstić information content (AvgIpc) is 2.92. The first-order valence-electron chi connectivity index (χ1n) is 11.4. The van der Waals surface area contributed by atoms with Crippen molar-refractivity contribution in [3.63, 3.8) is 0 Å². The van der Waals surface area contributed by atoms with Crippen LogP contribution in [0.15, 0.2) is 116 Å². The molecule has 0 amide bonds. The summed E-state index contributed by atoms with van der Waals surface area (Å²) in [6, 6.07) is 35.9. The molecule has 0 aliphatic carbocycles. The van der Waals surface area contributed by atoms with Crippen LogP contribution in [-0.2, 0) is 0 Å². The molecule has 3 heteroatoms. The Morgan fingerprint density at radius 3 is 2.00 bits per heavy atom. The number of pyridine rings is 1. The van der Waals surface area contributed by atoms with Gasteiger partial charge in [-0.3, -0.25) is 9.97 Å². The van der Waals surface area contributed by atoms with E-state index in [0.29, 0.717) is 0 Å². The van der Waals surface area contributed by atoms with Crippen LogP contribution < -0.4 is 0 Å². The number of nitrogens with zero attached hydrogens (tertiary/aromatic N) is 3. The summed E-state index contributed by atoms with van der Waals surface area (Å²) in [7, 11) is 0. The van der Waals surface area contributed by atoms with Crippen molar-refractivity contribution in [2.75, 3.05) is 0 Å². The molecule has 5 aromatic carbocycles. The lowest BCUT2D eigenvalue weighted by molar-refractivity contribution is 1.20. The highest BCUT2D eigenvalue weighted by Crippen LogP contribution is 2.36. The molecule has 0 aliphatic rings. The summed E-state index contributed by atoms with van der Waals surface area (Å²) in [6.45, 7) is 0. The van der Waals surface area contributed by atoms with Crippen molar-refractivity contribution in [2.24, 2.45) is 0 Å². The molecule has 0 fully saturated rings. The first-order chi connectivity index (χ1) is 16.8. The van der Waals surface area contributed by atoms with Crippen molar-refractivity contribution in [2.45, 2.75) is 0 Å². The maximum Gasteiger partial charge on any atom is 0.108 e. The van der Waals surface area contributed by atoms with Crippen LogP contribution in [0.2, 0.25) is 0 Å². The van der Waals surface area contributed by atoms with Crippen LogP contribution in [0.3, 0.4) is 0 Å². The van der Waals surface area contributed by atoms with E-state index in [-0.39, 0.29) is 0 Å². The summed E-state index contributed by atoms with van der Waals surface area (Å²) in [5.41, 5.74) is 4.50. The minimum Gasteiger partial charge on any atom is -0.252 e. The second-order valence-corrected chi connectivity index (χ2v) is 8.54. The lowest BCUT2D eigenvalue weighted by Crippen LogP contribution is -1.94. The fourth-order valence-electron chi connectivity index (χ4n) is 4.87. The van der Waals surface area contributed by atoms with Crippen LogP contribution in [-0.4, -0.2) is 15.0 Å². The Labute approximate surface area is 196 Å². The predicted octanol–water partition coefficient (Wildman–Crippen LogP) is 7.82. The fraction of sp³-hybridized carbons (Fsp3) is 0. The maximum absolute atomic E-state index is 5.02. The molecular weight excluding hydrogens is 414 g/mol. The molecule has 0 saturated heterocycles. The molecule has 0 unspecified atom stereocenters. The average molecular weight is 434 g/mol. The van der Waals surface area contributed by atoms with Gasteiger partial charge in [-0.1, -0.05) is 91.0 Å². The summed E-state index contributed by atoms with van der Waals surface area (Å²) in [6.07, 6.45) is 3.69. The predicted molar refractivity (Wildman–Crippen MR) is 141 cm³/mol. The van der Waals surface area contributed by atoms with Gasteiger partial charge in [-0.25, -0.2) is 4.98 Å². The first kappa shape index (κ1) is 18.9. The summed E-state index contributed by atoms with van der Waals surface area (Å²) in [5.74, 6) is 0. The van der Waals surface area contributed by atoms with E-state index in [9.17, 15) is 0 Å². The number of hydrogen-bond acceptors (Lipinski definition) is 3. The number of para-hydroxylation sites is 1. The van der Waals surface area contributed by atoms with Crippen LogP contribution in [0.1, 0.15) is 0 Å². The van der Waals surface area contributed by atoms with E-state index in [1.165, 1.54) is 26.9 Å². The van der Waals surface area contributed by atoms with Gasteiger partial charge in [0.2, 0.25) is 0 Å². The monoisotopic (exact) mass is 433 g/mol. The number of aromatic nitrogens is 3. The zero-order chi connectivity index (χ0) is 22.5. The maximum atomic E-state index is 5.02. The lowest BCUT2D eigenvalue weighted by Gasteiger charge is -2.12. The molecule has 34 heavy (non-hydrogen) atoms. The van der Waals surface area contributed by atoms with Crippen molar-refractivity contribution in [1.82, 2.24) is 15.0 Å². The van der Waals surface area contributed by atoms with Gasteiger partial charge in [-0.15, -0.1) is 0 Å². The molecule has 0 atom stereocenters. The fourth-order valence-corrected chi connectivity index (χ4v) is 4.87. The molecule has 0 radical (unpaired) electrons. The number of fused-ring (bicyclic) bond motifs is 6. The summed E-state index contributed by atoms with van der Waals surface area (Å²) < 4.78 is 0. The molecule has 2 aromatic heterocycles. The highest BCUT2D eigenvalue weighted by atomic mass is 14.8. The third-order valence-corrected chi connectivity index (χ3v) is 6.53. The smallest absolute Gasteiger partial charge is 0.108 e. The van der Waals surface area contributed by atoms with E-state index in [1.807, 2.05) is 18.5 Å². The first-order valence-corrected chi connectivity index (χ1v) is 11.4. The molecule has 0 bridgehead atoms. The van der Waals surface area contributed by atoms with Crippen LogP contribution in [0.25, 0.3) is 65.9 Å². The Balaban J connectivity index is 1.43. The van der Waals surface area contributed by atoms with E-state index in [2.05, 4.69) is 97.1 Å². The molecule has 2 heterocycles. The highest BCUT2D eigenvalue weighted by molar-refractivity contribution is 6.22. The zero-order valence-corrected chi connectivity index (χ0v) is 18.3. The summed E-state index contributed by atoms with van der Waals surface area (Å²) >= 11 is 0. The number of hydrogen-bond donors (Lipinski definition) is 0. The van der Waals surface area contributed by atoms with Crippen LogP contribution in [0.4, 0.5) is 0 Å². The van der Waals surface area contributed by atoms with Gasteiger partial charge < -0.3 is 0 Å². The third kappa shape index (κ3) is 2.95. The largest absolute Gasteiger partial charge is 0.252 e. The second-order valence-electron chi connectivity index (χ2n) is 8.54. The lowest BCUT2D eigenvalue weighted by atomic mass is 9.96.